The lowest BCUT2D eigenvalue weighted by molar-refractivity contribution is -0.0290. The van der Waals surface area contributed by atoms with Crippen LogP contribution >= 0.6 is 0 Å². The Hall–Kier alpha value is -1.59. The highest BCUT2D eigenvalue weighted by Gasteiger charge is 2.36. The minimum absolute atomic E-state index is 0.0417. The topological polar surface area (TPSA) is 73.4 Å². The van der Waals surface area contributed by atoms with Gasteiger partial charge in [-0.25, -0.2) is 4.79 Å². The molecule has 2 saturated carbocycles. The third-order valence-corrected chi connectivity index (χ3v) is 5.83. The maximum Gasteiger partial charge on any atom is 0.314 e. The molecule has 2 aliphatic rings. The Morgan fingerprint density at radius 2 is 1.68 bits per heavy atom. The summed E-state index contributed by atoms with van der Waals surface area (Å²) in [5, 5.41) is 19.7. The molecular formula is C20H31N3O2. The molecule has 0 heterocycles. The maximum absolute atomic E-state index is 12.1. The molecule has 5 nitrogen and oxygen atoms in total. The van der Waals surface area contributed by atoms with Crippen LogP contribution in [0.25, 0.3) is 0 Å². The number of amides is 2. The maximum atomic E-state index is 12.1. The number of nitrogens with one attached hydrogen (secondary N) is 3. The van der Waals surface area contributed by atoms with Crippen molar-refractivity contribution in [2.24, 2.45) is 0 Å². The van der Waals surface area contributed by atoms with E-state index in [1.54, 1.807) is 0 Å². The first-order chi connectivity index (χ1) is 12.0. The molecule has 0 saturated heterocycles. The fourth-order valence-electron chi connectivity index (χ4n) is 4.03. The number of urea groups is 1. The highest BCUT2D eigenvalue weighted by molar-refractivity contribution is 5.74. The third kappa shape index (κ3) is 4.73. The molecule has 1 aromatic rings. The molecule has 138 valence electrons. The summed E-state index contributed by atoms with van der Waals surface area (Å²) in [5.74, 6) is 0. The first-order valence-corrected chi connectivity index (χ1v) is 9.57. The first kappa shape index (κ1) is 18.2. The number of hydrogen-bond acceptors (Lipinski definition) is 3. The lowest BCUT2D eigenvalue weighted by Crippen LogP contribution is -2.55. The van der Waals surface area contributed by atoms with Crippen LogP contribution < -0.4 is 16.0 Å². The van der Waals surface area contributed by atoms with E-state index < -0.39 is 5.60 Å². The van der Waals surface area contributed by atoms with Crippen molar-refractivity contribution in [2.45, 2.75) is 69.1 Å². The number of carbonyl (C=O) groups is 1. The van der Waals surface area contributed by atoms with Crippen LogP contribution in [0.5, 0.6) is 0 Å². The Labute approximate surface area is 150 Å². The molecule has 0 aliphatic heterocycles. The van der Waals surface area contributed by atoms with E-state index in [4.69, 9.17) is 0 Å². The average molecular weight is 345 g/mol. The fourth-order valence-corrected chi connectivity index (χ4v) is 4.03. The van der Waals surface area contributed by atoms with Gasteiger partial charge in [0.1, 0.15) is 0 Å². The summed E-state index contributed by atoms with van der Waals surface area (Å²) in [6.45, 7) is 3.15. The zero-order valence-electron chi connectivity index (χ0n) is 15.2. The largest absolute Gasteiger partial charge is 0.388 e. The Kier molecular flexibility index (Phi) is 5.64. The smallest absolute Gasteiger partial charge is 0.314 e. The lowest BCUT2D eigenvalue weighted by Gasteiger charge is -2.37. The molecule has 0 bridgehead atoms. The van der Waals surface area contributed by atoms with Gasteiger partial charge < -0.3 is 21.1 Å². The predicted molar refractivity (Wildman–Crippen MR) is 99.4 cm³/mol. The molecule has 5 heteroatoms. The van der Waals surface area contributed by atoms with Gasteiger partial charge >= 0.3 is 6.03 Å². The van der Waals surface area contributed by atoms with Crippen LogP contribution in [0.4, 0.5) is 4.79 Å². The summed E-state index contributed by atoms with van der Waals surface area (Å²) in [5.41, 5.74) is 0.549. The monoisotopic (exact) mass is 345 g/mol. The van der Waals surface area contributed by atoms with Gasteiger partial charge in [0.15, 0.2) is 0 Å². The Bertz CT molecular complexity index is 566. The zero-order valence-corrected chi connectivity index (χ0v) is 15.2. The van der Waals surface area contributed by atoms with Gasteiger partial charge in [0, 0.05) is 24.7 Å². The van der Waals surface area contributed by atoms with Crippen LogP contribution in [0, 0.1) is 0 Å². The summed E-state index contributed by atoms with van der Waals surface area (Å²) in [4.78, 5) is 12.1. The zero-order chi connectivity index (χ0) is 17.8. The number of aliphatic hydroxyl groups is 1. The van der Waals surface area contributed by atoms with E-state index in [0.29, 0.717) is 13.1 Å². The Balaban J connectivity index is 1.51. The van der Waals surface area contributed by atoms with Crippen LogP contribution in [0.2, 0.25) is 0 Å². The Morgan fingerprint density at radius 3 is 2.28 bits per heavy atom. The van der Waals surface area contributed by atoms with E-state index in [9.17, 15) is 9.90 Å². The van der Waals surface area contributed by atoms with Crippen LogP contribution in [0.1, 0.15) is 63.5 Å². The van der Waals surface area contributed by atoms with Crippen LogP contribution in [-0.4, -0.2) is 35.4 Å². The summed E-state index contributed by atoms with van der Waals surface area (Å²) in [7, 11) is 0. The highest BCUT2D eigenvalue weighted by Crippen LogP contribution is 2.32. The molecule has 1 atom stereocenters. The van der Waals surface area contributed by atoms with Gasteiger partial charge in [0.25, 0.3) is 0 Å². The van der Waals surface area contributed by atoms with Crippen molar-refractivity contribution in [3.63, 3.8) is 0 Å². The highest BCUT2D eigenvalue weighted by atomic mass is 16.3. The van der Waals surface area contributed by atoms with Crippen molar-refractivity contribution in [1.29, 1.82) is 0 Å². The SMILES string of the molecule is CC(NC1(CNC(=O)NCC2(O)CCC2)CCCC1)c1ccccc1. The van der Waals surface area contributed by atoms with Gasteiger partial charge in [-0.3, -0.25) is 0 Å². The van der Waals surface area contributed by atoms with Crippen LogP contribution in [-0.2, 0) is 0 Å². The minimum Gasteiger partial charge on any atom is -0.388 e. The number of benzene rings is 1. The van der Waals surface area contributed by atoms with Crippen molar-refractivity contribution in [3.05, 3.63) is 35.9 Å². The van der Waals surface area contributed by atoms with Crippen molar-refractivity contribution in [2.75, 3.05) is 13.1 Å². The van der Waals surface area contributed by atoms with Gasteiger partial charge in [0.05, 0.1) is 5.60 Å². The molecule has 2 aliphatic carbocycles. The first-order valence-electron chi connectivity index (χ1n) is 9.57. The van der Waals surface area contributed by atoms with E-state index in [1.165, 1.54) is 18.4 Å². The van der Waals surface area contributed by atoms with Crippen LogP contribution in [0.15, 0.2) is 30.3 Å². The van der Waals surface area contributed by atoms with E-state index in [2.05, 4.69) is 47.1 Å². The van der Waals surface area contributed by atoms with Gasteiger partial charge in [-0.05, 0) is 44.6 Å². The molecule has 0 aromatic heterocycles. The van der Waals surface area contributed by atoms with Crippen LogP contribution in [0.3, 0.4) is 0 Å². The molecule has 2 amide bonds. The summed E-state index contributed by atoms with van der Waals surface area (Å²) < 4.78 is 0. The van der Waals surface area contributed by atoms with E-state index in [0.717, 1.165) is 32.1 Å². The van der Waals surface area contributed by atoms with E-state index in [-0.39, 0.29) is 17.6 Å². The lowest BCUT2D eigenvalue weighted by atomic mass is 9.80. The summed E-state index contributed by atoms with van der Waals surface area (Å²) in [6, 6.07) is 10.5. The molecule has 1 unspecified atom stereocenters. The molecule has 4 N–H and O–H groups in total. The molecule has 0 spiro atoms. The molecule has 1 aromatic carbocycles. The fraction of sp³-hybridized carbons (Fsp3) is 0.650. The number of rotatable bonds is 7. The second kappa shape index (κ2) is 7.75. The van der Waals surface area contributed by atoms with Crippen molar-refractivity contribution < 1.29 is 9.90 Å². The van der Waals surface area contributed by atoms with E-state index >= 15 is 0 Å². The second-order valence-corrected chi connectivity index (χ2v) is 7.88. The molecule has 2 fully saturated rings. The van der Waals surface area contributed by atoms with Gasteiger partial charge in [0.2, 0.25) is 0 Å². The average Bonchev–Trinajstić information content (AvgIpc) is 3.06. The quantitative estimate of drug-likeness (QED) is 0.614. The summed E-state index contributed by atoms with van der Waals surface area (Å²) in [6.07, 6.45) is 7.16. The van der Waals surface area contributed by atoms with Crippen molar-refractivity contribution in [3.8, 4) is 0 Å². The van der Waals surface area contributed by atoms with Gasteiger partial charge in [-0.2, -0.15) is 0 Å². The Morgan fingerprint density at radius 1 is 1.04 bits per heavy atom. The second-order valence-electron chi connectivity index (χ2n) is 7.88. The minimum atomic E-state index is -0.678. The van der Waals surface area contributed by atoms with Gasteiger partial charge in [-0.15, -0.1) is 0 Å². The normalized spacial score (nSPS) is 22.0. The molecule has 25 heavy (non-hydrogen) atoms. The number of carbonyl (C=O) groups excluding carboxylic acids is 1. The molecule has 0 radical (unpaired) electrons. The number of hydrogen-bond donors (Lipinski definition) is 4. The predicted octanol–water partition coefficient (Wildman–Crippen LogP) is 2.86. The van der Waals surface area contributed by atoms with Crippen molar-refractivity contribution in [1.82, 2.24) is 16.0 Å². The molecule has 3 rings (SSSR count). The van der Waals surface area contributed by atoms with E-state index in [1.807, 2.05) is 6.07 Å². The summed E-state index contributed by atoms with van der Waals surface area (Å²) >= 11 is 0. The standard InChI is InChI=1S/C20H31N3O2/c1-16(17-8-3-2-4-9-17)23-19(10-5-6-11-19)14-21-18(24)22-15-20(25)12-7-13-20/h2-4,8-9,16,23,25H,5-7,10-15H2,1H3,(H2,21,22,24). The third-order valence-electron chi connectivity index (χ3n) is 5.83. The molecular weight excluding hydrogens is 314 g/mol. The van der Waals surface area contributed by atoms with Gasteiger partial charge in [-0.1, -0.05) is 43.2 Å². The van der Waals surface area contributed by atoms with Crippen molar-refractivity contribution >= 4 is 6.03 Å².